The second kappa shape index (κ2) is 11.2. The first-order valence-electron chi connectivity index (χ1n) is 11.1. The maximum Gasteiger partial charge on any atom is 0.413 e. The van der Waals surface area contributed by atoms with Crippen LogP contribution in [0.15, 0.2) is 22.7 Å². The Morgan fingerprint density at radius 3 is 2.62 bits per heavy atom. The van der Waals surface area contributed by atoms with Gasteiger partial charge in [0.25, 0.3) is 11.8 Å². The zero-order chi connectivity index (χ0) is 27.5. The van der Waals surface area contributed by atoms with Gasteiger partial charge in [-0.1, -0.05) is 13.0 Å². The summed E-state index contributed by atoms with van der Waals surface area (Å²) in [5.41, 5.74) is 4.70. The average Bonchev–Trinajstić information content (AvgIpc) is 3.24. The lowest BCUT2D eigenvalue weighted by Crippen LogP contribution is -2.70. The maximum atomic E-state index is 13.1. The Morgan fingerprint density at radius 1 is 1.32 bits per heavy atom. The molecule has 1 saturated heterocycles. The van der Waals surface area contributed by atoms with Crippen molar-refractivity contribution in [2.24, 2.45) is 5.73 Å². The smallest absolute Gasteiger partial charge is 0.413 e. The van der Waals surface area contributed by atoms with Crippen LogP contribution in [0.2, 0.25) is 0 Å². The zero-order valence-electron chi connectivity index (χ0n) is 20.5. The number of carboxylic acid groups (broad SMARTS) is 1. The van der Waals surface area contributed by atoms with Gasteiger partial charge < -0.3 is 25.6 Å². The van der Waals surface area contributed by atoms with Gasteiger partial charge in [-0.15, -0.1) is 23.1 Å². The van der Waals surface area contributed by atoms with Crippen LogP contribution in [0.4, 0.5) is 14.7 Å². The third-order valence-electron chi connectivity index (χ3n) is 4.97. The second-order valence-corrected chi connectivity index (χ2v) is 10.9. The fourth-order valence-corrected chi connectivity index (χ4v) is 5.56. The highest BCUT2D eigenvalue weighted by molar-refractivity contribution is 8.00. The summed E-state index contributed by atoms with van der Waals surface area (Å²) in [6.45, 7) is 6.65. The lowest BCUT2D eigenvalue weighted by molar-refractivity contribution is -0.150. The number of fused-ring (bicyclic) bond motifs is 1. The van der Waals surface area contributed by atoms with Gasteiger partial charge in [-0.25, -0.2) is 19.4 Å². The van der Waals surface area contributed by atoms with E-state index in [0.29, 0.717) is 12.1 Å². The quantitative estimate of drug-likeness (QED) is 0.274. The number of hydrogen-bond donors (Lipinski definition) is 4. The van der Waals surface area contributed by atoms with Crippen LogP contribution in [-0.2, 0) is 23.9 Å². The number of aliphatic carboxylic acids is 1. The summed E-state index contributed by atoms with van der Waals surface area (Å²) in [6, 6.07) is -0.969. The van der Waals surface area contributed by atoms with Crippen molar-refractivity contribution in [1.29, 1.82) is 0 Å². The van der Waals surface area contributed by atoms with Crippen LogP contribution in [0.5, 0.6) is 0 Å². The Morgan fingerprint density at radius 2 is 2.03 bits per heavy atom. The minimum absolute atomic E-state index is 0.166. The molecule has 0 saturated carbocycles. The van der Waals surface area contributed by atoms with Gasteiger partial charge in [-0.3, -0.25) is 19.8 Å². The van der Waals surface area contributed by atoms with Crippen molar-refractivity contribution in [3.8, 4) is 0 Å². The highest BCUT2D eigenvalue weighted by Gasteiger charge is 2.54. The standard InChI is InChI=1S/C22H27N5O8S2/c1-5-6-11(12-9-37-20(24-12)26-21(33)35-22(2,3)4)15(28)25-13-16(29)27-14(18(30)31)10(7-34-19(23)32)8-36-17(13)27/h6,9,13,17H,5,7-8H2,1-4H3,(H2,23,32)(H,25,28)(H,30,31)(H,24,26,33)/b11-6-/t13-,17+/m1/s1. The molecule has 5 N–H and O–H groups in total. The molecule has 15 heteroatoms. The van der Waals surface area contributed by atoms with E-state index in [9.17, 15) is 29.1 Å². The van der Waals surface area contributed by atoms with Crippen LogP contribution in [0.3, 0.4) is 0 Å². The van der Waals surface area contributed by atoms with Gasteiger partial charge in [-0.05, 0) is 27.2 Å². The number of anilines is 1. The van der Waals surface area contributed by atoms with Crippen molar-refractivity contribution in [2.75, 3.05) is 17.7 Å². The van der Waals surface area contributed by atoms with Crippen molar-refractivity contribution < 1.29 is 38.6 Å². The van der Waals surface area contributed by atoms with E-state index in [4.69, 9.17) is 15.2 Å². The molecular formula is C22H27N5O8S2. The molecule has 2 atom stereocenters. The summed E-state index contributed by atoms with van der Waals surface area (Å²) in [5.74, 6) is -2.37. The topological polar surface area (TPSA) is 190 Å². The van der Waals surface area contributed by atoms with E-state index in [0.717, 1.165) is 16.2 Å². The number of allylic oxidation sites excluding steroid dienone is 1. The molecule has 0 aromatic carbocycles. The lowest BCUT2D eigenvalue weighted by Gasteiger charge is -2.49. The van der Waals surface area contributed by atoms with Crippen LogP contribution in [0.25, 0.3) is 5.57 Å². The van der Waals surface area contributed by atoms with Gasteiger partial charge in [0, 0.05) is 16.7 Å². The van der Waals surface area contributed by atoms with Gasteiger partial charge in [0.05, 0.1) is 11.3 Å². The summed E-state index contributed by atoms with van der Waals surface area (Å²) < 4.78 is 9.91. The van der Waals surface area contributed by atoms with Gasteiger partial charge in [0.1, 0.15) is 29.3 Å². The number of amides is 4. The number of nitrogens with two attached hydrogens (primary N) is 1. The first-order valence-corrected chi connectivity index (χ1v) is 13.0. The van der Waals surface area contributed by atoms with Crippen LogP contribution < -0.4 is 16.4 Å². The van der Waals surface area contributed by atoms with Crippen molar-refractivity contribution in [3.63, 3.8) is 0 Å². The molecule has 2 aliphatic heterocycles. The summed E-state index contributed by atoms with van der Waals surface area (Å²) >= 11 is 2.33. The number of aromatic nitrogens is 1. The molecule has 0 unspecified atom stereocenters. The summed E-state index contributed by atoms with van der Waals surface area (Å²) in [6.07, 6.45) is 0.383. The predicted molar refractivity (Wildman–Crippen MR) is 135 cm³/mol. The fourth-order valence-electron chi connectivity index (χ4n) is 3.54. The molecule has 0 aliphatic carbocycles. The van der Waals surface area contributed by atoms with E-state index in [1.807, 2.05) is 6.92 Å². The SMILES string of the molecule is CC/C=C(\C(=O)N[C@@H]1C(=O)N2C(C(=O)O)=C(COC(N)=O)CS[C@@H]12)c1csc(NC(=O)OC(C)(C)C)n1. The molecule has 0 radical (unpaired) electrons. The maximum absolute atomic E-state index is 13.1. The predicted octanol–water partition coefficient (Wildman–Crippen LogP) is 2.12. The third-order valence-corrected chi connectivity index (χ3v) is 7.06. The highest BCUT2D eigenvalue weighted by atomic mass is 32.2. The molecule has 0 bridgehead atoms. The van der Waals surface area contributed by atoms with E-state index in [2.05, 4.69) is 15.6 Å². The van der Waals surface area contributed by atoms with E-state index in [1.54, 1.807) is 32.2 Å². The fraction of sp³-hybridized carbons (Fsp3) is 0.455. The van der Waals surface area contributed by atoms with Gasteiger partial charge in [0.15, 0.2) is 5.13 Å². The van der Waals surface area contributed by atoms with Crippen LogP contribution in [-0.4, -0.2) is 74.3 Å². The molecule has 13 nitrogen and oxygen atoms in total. The Hall–Kier alpha value is -3.59. The zero-order valence-corrected chi connectivity index (χ0v) is 22.2. The number of thioether (sulfide) groups is 1. The summed E-state index contributed by atoms with van der Waals surface area (Å²) in [4.78, 5) is 66.1. The Balaban J connectivity index is 1.72. The number of rotatable bonds is 8. The summed E-state index contributed by atoms with van der Waals surface area (Å²) in [7, 11) is 0. The normalized spacial score (nSPS) is 19.5. The van der Waals surface area contributed by atoms with E-state index in [-0.39, 0.29) is 34.3 Å². The van der Waals surface area contributed by atoms with Crippen LogP contribution in [0, 0.1) is 0 Å². The number of primary amides is 1. The minimum Gasteiger partial charge on any atom is -0.477 e. The molecule has 200 valence electrons. The van der Waals surface area contributed by atoms with Crippen molar-refractivity contribution in [3.05, 3.63) is 28.4 Å². The third kappa shape index (κ3) is 6.60. The van der Waals surface area contributed by atoms with Gasteiger partial charge >= 0.3 is 18.2 Å². The number of hydrogen-bond acceptors (Lipinski definition) is 10. The number of ether oxygens (including phenoxy) is 2. The largest absolute Gasteiger partial charge is 0.477 e. The van der Waals surface area contributed by atoms with Crippen LogP contribution >= 0.6 is 23.1 Å². The number of β-lactam (4-membered cyclic amide) rings is 1. The second-order valence-electron chi connectivity index (χ2n) is 8.92. The van der Waals surface area contributed by atoms with Gasteiger partial charge in [-0.2, -0.15) is 0 Å². The van der Waals surface area contributed by atoms with Crippen molar-refractivity contribution in [2.45, 2.75) is 51.1 Å². The number of carbonyl (C=O) groups excluding carboxylic acids is 4. The average molecular weight is 554 g/mol. The molecule has 1 aromatic rings. The van der Waals surface area contributed by atoms with E-state index < -0.39 is 47.0 Å². The first-order chi connectivity index (χ1) is 17.3. The first kappa shape index (κ1) is 28.0. The highest BCUT2D eigenvalue weighted by Crippen LogP contribution is 2.40. The molecular weight excluding hydrogens is 526 g/mol. The molecule has 3 rings (SSSR count). The number of nitrogens with zero attached hydrogens (tertiary/aromatic N) is 2. The van der Waals surface area contributed by atoms with E-state index in [1.165, 1.54) is 11.8 Å². The Labute approximate surface area is 220 Å². The Bertz CT molecular complexity index is 1190. The van der Waals surface area contributed by atoms with Crippen LogP contribution in [0.1, 0.15) is 39.8 Å². The van der Waals surface area contributed by atoms with Gasteiger partial charge in [0.2, 0.25) is 0 Å². The molecule has 0 spiro atoms. The molecule has 2 aliphatic rings. The lowest BCUT2D eigenvalue weighted by atomic mass is 10.0. The molecule has 4 amide bonds. The minimum atomic E-state index is -1.36. The molecule has 1 fully saturated rings. The van der Waals surface area contributed by atoms with Crippen molar-refractivity contribution >= 4 is 63.8 Å². The van der Waals surface area contributed by atoms with E-state index >= 15 is 0 Å². The monoisotopic (exact) mass is 553 g/mol. The summed E-state index contributed by atoms with van der Waals surface area (Å²) in [5, 5.41) is 16.0. The number of carbonyl (C=O) groups is 5. The number of carboxylic acids is 1. The molecule has 1 aromatic heterocycles. The number of nitrogens with one attached hydrogen (secondary N) is 2. The Kier molecular flexibility index (Phi) is 8.48. The van der Waals surface area contributed by atoms with Crippen molar-refractivity contribution in [1.82, 2.24) is 15.2 Å². The number of thiazole rings is 1. The molecule has 37 heavy (non-hydrogen) atoms. The molecule has 3 heterocycles.